The highest BCUT2D eigenvalue weighted by molar-refractivity contribution is 4.85. The van der Waals surface area contributed by atoms with Gasteiger partial charge in [0, 0.05) is 12.6 Å². The number of nitrogens with zero attached hydrogens (tertiary/aromatic N) is 1. The molecule has 5 heteroatoms. The van der Waals surface area contributed by atoms with Gasteiger partial charge in [-0.3, -0.25) is 4.90 Å². The summed E-state index contributed by atoms with van der Waals surface area (Å²) in [6.45, 7) is 4.85. The lowest BCUT2D eigenvalue weighted by atomic mass is 9.78. The van der Waals surface area contributed by atoms with Gasteiger partial charge in [0.05, 0.1) is 6.54 Å². The van der Waals surface area contributed by atoms with E-state index in [1.54, 1.807) is 7.05 Å². The smallest absolute Gasteiger partial charge is 0.314 e. The van der Waals surface area contributed by atoms with Crippen molar-refractivity contribution in [1.82, 2.24) is 10.2 Å². The molecule has 1 aliphatic rings. The second-order valence-electron chi connectivity index (χ2n) is 5.65. The van der Waals surface area contributed by atoms with E-state index in [1.165, 1.54) is 11.3 Å². The number of nitrogens with one attached hydrogen (secondary N) is 1. The van der Waals surface area contributed by atoms with Crippen LogP contribution >= 0.6 is 0 Å². The maximum absolute atomic E-state index is 12.3. The van der Waals surface area contributed by atoms with Crippen LogP contribution in [0.1, 0.15) is 33.1 Å². The summed E-state index contributed by atoms with van der Waals surface area (Å²) >= 11 is 0. The maximum Gasteiger partial charge on any atom is 0.401 e. The van der Waals surface area contributed by atoms with E-state index in [0.29, 0.717) is 24.4 Å². The molecule has 0 bridgehead atoms. The van der Waals surface area contributed by atoms with E-state index in [0.717, 1.165) is 19.4 Å². The summed E-state index contributed by atoms with van der Waals surface area (Å²) < 4.78 is 37.0. The highest BCUT2D eigenvalue weighted by atomic mass is 19.4. The monoisotopic (exact) mass is 266 g/mol. The van der Waals surface area contributed by atoms with E-state index in [2.05, 4.69) is 19.2 Å². The van der Waals surface area contributed by atoms with Crippen LogP contribution in [0.2, 0.25) is 0 Å². The molecule has 1 rings (SSSR count). The summed E-state index contributed by atoms with van der Waals surface area (Å²) in [6.07, 6.45) is -0.806. The molecule has 1 aliphatic carbocycles. The lowest BCUT2D eigenvalue weighted by molar-refractivity contribution is -0.144. The molecule has 3 unspecified atom stereocenters. The number of halogens is 3. The minimum atomic E-state index is -4.09. The van der Waals surface area contributed by atoms with Crippen LogP contribution in [-0.4, -0.2) is 43.8 Å². The molecule has 0 amide bonds. The number of hydrogen-bond acceptors (Lipinski definition) is 2. The first-order valence-electron chi connectivity index (χ1n) is 6.80. The minimum Gasteiger partial charge on any atom is -0.314 e. The van der Waals surface area contributed by atoms with Crippen molar-refractivity contribution in [3.8, 4) is 0 Å². The van der Waals surface area contributed by atoms with Crippen LogP contribution < -0.4 is 5.32 Å². The fourth-order valence-electron chi connectivity index (χ4n) is 3.00. The van der Waals surface area contributed by atoms with Gasteiger partial charge in [-0.15, -0.1) is 0 Å². The summed E-state index contributed by atoms with van der Waals surface area (Å²) in [7, 11) is 1.57. The molecule has 108 valence electrons. The average molecular weight is 266 g/mol. The molecule has 1 saturated carbocycles. The molecule has 0 radical (unpaired) electrons. The second-order valence-corrected chi connectivity index (χ2v) is 5.65. The highest BCUT2D eigenvalue weighted by Gasteiger charge is 2.33. The zero-order chi connectivity index (χ0) is 13.8. The van der Waals surface area contributed by atoms with Crippen molar-refractivity contribution in [1.29, 1.82) is 0 Å². The van der Waals surface area contributed by atoms with Crippen LogP contribution in [0.5, 0.6) is 0 Å². The predicted octanol–water partition coefficient (Wildman–Crippen LogP) is 2.89. The largest absolute Gasteiger partial charge is 0.401 e. The zero-order valence-electron chi connectivity index (χ0n) is 11.6. The number of hydrogen-bond donors (Lipinski definition) is 1. The molecule has 0 aliphatic heterocycles. The summed E-state index contributed by atoms with van der Waals surface area (Å²) in [6, 6.07) is 0.377. The Bertz CT molecular complexity index is 243. The number of rotatable bonds is 5. The van der Waals surface area contributed by atoms with Crippen molar-refractivity contribution in [2.24, 2.45) is 11.8 Å². The maximum atomic E-state index is 12.3. The standard InChI is InChI=1S/C13H25F3N2/c1-4-17-12-6-5-10(2)7-11(12)8-18(3)9-13(14,15)16/h10-12,17H,4-9H2,1-3H3. The predicted molar refractivity (Wildman–Crippen MR) is 67.5 cm³/mol. The molecular weight excluding hydrogens is 241 g/mol. The first kappa shape index (κ1) is 15.8. The van der Waals surface area contributed by atoms with Gasteiger partial charge in [-0.1, -0.05) is 13.8 Å². The van der Waals surface area contributed by atoms with Crippen LogP contribution in [0.4, 0.5) is 13.2 Å². The van der Waals surface area contributed by atoms with E-state index < -0.39 is 12.7 Å². The Morgan fingerprint density at radius 3 is 2.50 bits per heavy atom. The van der Waals surface area contributed by atoms with Crippen molar-refractivity contribution < 1.29 is 13.2 Å². The van der Waals surface area contributed by atoms with Crippen LogP contribution in [0, 0.1) is 11.8 Å². The second kappa shape index (κ2) is 6.75. The molecular formula is C13H25F3N2. The molecule has 0 aromatic carbocycles. The van der Waals surface area contributed by atoms with Gasteiger partial charge in [-0.05, 0) is 44.7 Å². The molecule has 1 N–H and O–H groups in total. The van der Waals surface area contributed by atoms with Gasteiger partial charge in [-0.25, -0.2) is 0 Å². The molecule has 0 aromatic heterocycles. The van der Waals surface area contributed by atoms with E-state index >= 15 is 0 Å². The molecule has 18 heavy (non-hydrogen) atoms. The first-order valence-corrected chi connectivity index (χ1v) is 6.80. The van der Waals surface area contributed by atoms with Crippen molar-refractivity contribution >= 4 is 0 Å². The fourth-order valence-corrected chi connectivity index (χ4v) is 3.00. The van der Waals surface area contributed by atoms with Crippen LogP contribution in [0.15, 0.2) is 0 Å². The van der Waals surface area contributed by atoms with Gasteiger partial charge < -0.3 is 5.32 Å². The Morgan fingerprint density at radius 2 is 1.94 bits per heavy atom. The van der Waals surface area contributed by atoms with E-state index in [9.17, 15) is 13.2 Å². The van der Waals surface area contributed by atoms with Gasteiger partial charge in [0.2, 0.25) is 0 Å². The van der Waals surface area contributed by atoms with Gasteiger partial charge in [0.15, 0.2) is 0 Å². The quantitative estimate of drug-likeness (QED) is 0.823. The third kappa shape index (κ3) is 5.57. The first-order chi connectivity index (χ1) is 8.31. The molecule has 0 heterocycles. The molecule has 0 saturated heterocycles. The van der Waals surface area contributed by atoms with Crippen LogP contribution in [0.3, 0.4) is 0 Å². The Labute approximate surface area is 108 Å². The number of alkyl halides is 3. The van der Waals surface area contributed by atoms with E-state index in [4.69, 9.17) is 0 Å². The summed E-state index contributed by atoms with van der Waals surface area (Å²) in [5, 5.41) is 3.42. The molecule has 0 aromatic rings. The van der Waals surface area contributed by atoms with Gasteiger partial charge in [-0.2, -0.15) is 13.2 Å². The van der Waals surface area contributed by atoms with Crippen LogP contribution in [0.25, 0.3) is 0 Å². The zero-order valence-corrected chi connectivity index (χ0v) is 11.6. The van der Waals surface area contributed by atoms with Crippen molar-refractivity contribution in [2.75, 3.05) is 26.7 Å². The minimum absolute atomic E-state index is 0.334. The normalized spacial score (nSPS) is 29.8. The third-order valence-corrected chi connectivity index (χ3v) is 3.71. The van der Waals surface area contributed by atoms with Crippen LogP contribution in [-0.2, 0) is 0 Å². The van der Waals surface area contributed by atoms with E-state index in [1.807, 2.05) is 0 Å². The molecule has 3 atom stereocenters. The highest BCUT2D eigenvalue weighted by Crippen LogP contribution is 2.30. The lowest BCUT2D eigenvalue weighted by Crippen LogP contribution is -2.46. The van der Waals surface area contributed by atoms with Gasteiger partial charge in [0.1, 0.15) is 0 Å². The fraction of sp³-hybridized carbons (Fsp3) is 1.00. The Morgan fingerprint density at radius 1 is 1.28 bits per heavy atom. The SMILES string of the molecule is CCNC1CCC(C)CC1CN(C)CC(F)(F)F. The summed E-state index contributed by atoms with van der Waals surface area (Å²) in [4.78, 5) is 1.41. The Balaban J connectivity index is 2.49. The molecule has 1 fully saturated rings. The van der Waals surface area contributed by atoms with Crippen molar-refractivity contribution in [2.45, 2.75) is 45.3 Å². The summed E-state index contributed by atoms with van der Waals surface area (Å²) in [5.74, 6) is 0.963. The molecule has 2 nitrogen and oxygen atoms in total. The Hall–Kier alpha value is -0.290. The summed E-state index contributed by atoms with van der Waals surface area (Å²) in [5.41, 5.74) is 0. The Kier molecular flexibility index (Phi) is 5.92. The third-order valence-electron chi connectivity index (χ3n) is 3.71. The average Bonchev–Trinajstić information content (AvgIpc) is 2.19. The molecule has 0 spiro atoms. The van der Waals surface area contributed by atoms with E-state index in [-0.39, 0.29) is 0 Å². The van der Waals surface area contributed by atoms with Crippen molar-refractivity contribution in [3.63, 3.8) is 0 Å². The topological polar surface area (TPSA) is 15.3 Å². The lowest BCUT2D eigenvalue weighted by Gasteiger charge is -2.37. The van der Waals surface area contributed by atoms with Gasteiger partial charge >= 0.3 is 6.18 Å². The van der Waals surface area contributed by atoms with Crippen molar-refractivity contribution in [3.05, 3.63) is 0 Å². The van der Waals surface area contributed by atoms with Gasteiger partial charge in [0.25, 0.3) is 0 Å².